The van der Waals surface area contributed by atoms with Gasteiger partial charge in [-0.2, -0.15) is 0 Å². The zero-order valence-corrected chi connectivity index (χ0v) is 19.9. The first kappa shape index (κ1) is 21.2. The molecule has 170 valence electrons. The minimum atomic E-state index is -0.118. The molecule has 2 aliphatic heterocycles. The molecular formula is C27H34N2O3. The van der Waals surface area contributed by atoms with Gasteiger partial charge in [-0.15, -0.1) is 0 Å². The van der Waals surface area contributed by atoms with E-state index < -0.39 is 0 Å². The first-order chi connectivity index (χ1) is 15.2. The summed E-state index contributed by atoms with van der Waals surface area (Å²) >= 11 is 0. The fraction of sp³-hybridized carbons (Fsp3) is 0.519. The van der Waals surface area contributed by atoms with Crippen LogP contribution in [0.4, 0.5) is 11.4 Å². The Morgan fingerprint density at radius 3 is 2.53 bits per heavy atom. The minimum absolute atomic E-state index is 0.0160. The molecule has 1 aliphatic carbocycles. The van der Waals surface area contributed by atoms with Gasteiger partial charge >= 0.3 is 5.97 Å². The molecule has 0 atom stereocenters. The number of carbonyl (C=O) groups excluding carboxylic acids is 1. The number of anilines is 2. The highest BCUT2D eigenvalue weighted by Gasteiger charge is 2.45. The highest BCUT2D eigenvalue weighted by Crippen LogP contribution is 2.50. The largest absolute Gasteiger partial charge is 0.483 e. The van der Waals surface area contributed by atoms with Crippen LogP contribution in [0, 0.1) is 5.92 Å². The lowest BCUT2D eigenvalue weighted by Crippen LogP contribution is -2.54. The number of carbonyl (C=O) groups is 1. The highest BCUT2D eigenvalue weighted by atomic mass is 16.5. The first-order valence-corrected chi connectivity index (χ1v) is 11.7. The average molecular weight is 435 g/mol. The average Bonchev–Trinajstić information content (AvgIpc) is 2.70. The number of hydrogen-bond acceptors (Lipinski definition) is 5. The van der Waals surface area contributed by atoms with Gasteiger partial charge in [-0.1, -0.05) is 32.9 Å². The van der Waals surface area contributed by atoms with Crippen molar-refractivity contribution in [3.8, 4) is 16.9 Å². The molecule has 2 heterocycles. The topological polar surface area (TPSA) is 42.0 Å². The smallest absolute Gasteiger partial charge is 0.312 e. The summed E-state index contributed by atoms with van der Waals surface area (Å²) in [5.74, 6) is 0.868. The van der Waals surface area contributed by atoms with Crippen molar-refractivity contribution < 1.29 is 14.3 Å². The van der Waals surface area contributed by atoms with Crippen LogP contribution in [0.1, 0.15) is 45.6 Å². The fourth-order valence-corrected chi connectivity index (χ4v) is 5.22. The van der Waals surface area contributed by atoms with E-state index in [1.165, 1.54) is 35.9 Å². The van der Waals surface area contributed by atoms with Crippen molar-refractivity contribution in [1.29, 1.82) is 0 Å². The van der Waals surface area contributed by atoms with Gasteiger partial charge in [0.05, 0.1) is 25.3 Å². The van der Waals surface area contributed by atoms with Crippen molar-refractivity contribution in [1.82, 2.24) is 0 Å². The number of esters is 1. The van der Waals surface area contributed by atoms with Crippen LogP contribution in [0.15, 0.2) is 36.4 Å². The Morgan fingerprint density at radius 2 is 1.91 bits per heavy atom. The minimum Gasteiger partial charge on any atom is -0.483 e. The summed E-state index contributed by atoms with van der Waals surface area (Å²) in [5.41, 5.74) is 6.03. The molecule has 5 heteroatoms. The van der Waals surface area contributed by atoms with Crippen molar-refractivity contribution in [2.45, 2.75) is 51.0 Å². The molecule has 0 N–H and O–H groups in total. The predicted molar refractivity (Wildman–Crippen MR) is 129 cm³/mol. The van der Waals surface area contributed by atoms with Gasteiger partial charge in [-0.25, -0.2) is 0 Å². The SMILES string of the molecule is COC(=O)C1CN(c2cccc(-c3cc(C(C)(C)C)cc4c3N(C)CC3(CCC3)O4)c2)C1. The number of likely N-dealkylation sites (N-methyl/N-ethyl adjacent to an activating group) is 1. The van der Waals surface area contributed by atoms with E-state index in [9.17, 15) is 4.79 Å². The van der Waals surface area contributed by atoms with Gasteiger partial charge in [0, 0.05) is 31.4 Å². The Kier molecular flexibility index (Phi) is 4.92. The second-order valence-corrected chi connectivity index (χ2v) is 10.8. The Morgan fingerprint density at radius 1 is 1.16 bits per heavy atom. The summed E-state index contributed by atoms with van der Waals surface area (Å²) in [6, 6.07) is 13.3. The van der Waals surface area contributed by atoms with E-state index in [-0.39, 0.29) is 22.9 Å². The van der Waals surface area contributed by atoms with E-state index >= 15 is 0 Å². The normalized spacial score (nSPS) is 19.7. The van der Waals surface area contributed by atoms with E-state index in [1.54, 1.807) is 0 Å². The molecule has 5 rings (SSSR count). The maximum atomic E-state index is 11.8. The number of benzene rings is 2. The summed E-state index contributed by atoms with van der Waals surface area (Å²) in [6.07, 6.45) is 3.52. The van der Waals surface area contributed by atoms with Gasteiger partial charge in [-0.3, -0.25) is 4.79 Å². The number of ether oxygens (including phenoxy) is 2. The van der Waals surface area contributed by atoms with Crippen molar-refractivity contribution >= 4 is 17.3 Å². The quantitative estimate of drug-likeness (QED) is 0.635. The zero-order valence-electron chi connectivity index (χ0n) is 19.9. The number of methoxy groups -OCH3 is 1. The van der Waals surface area contributed by atoms with Crippen LogP contribution in [0.25, 0.3) is 11.1 Å². The van der Waals surface area contributed by atoms with Crippen molar-refractivity contribution in [2.75, 3.05) is 43.6 Å². The van der Waals surface area contributed by atoms with Crippen LogP contribution in [-0.4, -0.2) is 45.4 Å². The molecule has 0 bridgehead atoms. The van der Waals surface area contributed by atoms with E-state index in [0.29, 0.717) is 13.1 Å². The summed E-state index contributed by atoms with van der Waals surface area (Å²) in [4.78, 5) is 16.4. The molecule has 0 amide bonds. The Hall–Kier alpha value is -2.69. The van der Waals surface area contributed by atoms with Crippen LogP contribution >= 0.6 is 0 Å². The van der Waals surface area contributed by atoms with Crippen molar-refractivity contribution in [3.63, 3.8) is 0 Å². The third kappa shape index (κ3) is 3.52. The summed E-state index contributed by atoms with van der Waals surface area (Å²) in [6.45, 7) is 9.13. The predicted octanol–water partition coefficient (Wildman–Crippen LogP) is 5.01. The van der Waals surface area contributed by atoms with Crippen molar-refractivity contribution in [2.24, 2.45) is 5.92 Å². The lowest BCUT2D eigenvalue weighted by atomic mass is 9.77. The Balaban J connectivity index is 1.54. The van der Waals surface area contributed by atoms with E-state index in [4.69, 9.17) is 9.47 Å². The van der Waals surface area contributed by atoms with Gasteiger partial charge in [0.2, 0.25) is 0 Å². The number of rotatable bonds is 3. The first-order valence-electron chi connectivity index (χ1n) is 11.7. The molecular weight excluding hydrogens is 400 g/mol. The van der Waals surface area contributed by atoms with Gasteiger partial charge in [0.1, 0.15) is 11.4 Å². The highest BCUT2D eigenvalue weighted by molar-refractivity contribution is 5.86. The molecule has 2 aromatic carbocycles. The lowest BCUT2D eigenvalue weighted by Gasteiger charge is -2.49. The van der Waals surface area contributed by atoms with Crippen LogP contribution in [0.2, 0.25) is 0 Å². The van der Waals surface area contributed by atoms with Crippen LogP contribution in [0.5, 0.6) is 5.75 Å². The summed E-state index contributed by atoms with van der Waals surface area (Å²) in [5, 5.41) is 0. The molecule has 3 aliphatic rings. The van der Waals surface area contributed by atoms with E-state index in [2.05, 4.69) is 74.0 Å². The maximum Gasteiger partial charge on any atom is 0.312 e. The lowest BCUT2D eigenvalue weighted by molar-refractivity contribution is -0.146. The second-order valence-electron chi connectivity index (χ2n) is 10.8. The molecule has 32 heavy (non-hydrogen) atoms. The Labute approximate surface area is 191 Å². The van der Waals surface area contributed by atoms with E-state index in [0.717, 1.165) is 30.8 Å². The molecule has 0 aromatic heterocycles. The molecule has 2 fully saturated rings. The number of hydrogen-bond donors (Lipinski definition) is 0. The molecule has 0 unspecified atom stereocenters. The molecule has 1 saturated carbocycles. The summed E-state index contributed by atoms with van der Waals surface area (Å²) < 4.78 is 11.6. The zero-order chi connectivity index (χ0) is 22.7. The second kappa shape index (κ2) is 7.43. The Bertz CT molecular complexity index is 1050. The van der Waals surface area contributed by atoms with Crippen LogP contribution in [0.3, 0.4) is 0 Å². The molecule has 1 saturated heterocycles. The molecule has 5 nitrogen and oxygen atoms in total. The molecule has 0 radical (unpaired) electrons. The van der Waals surface area contributed by atoms with Gasteiger partial charge in [0.25, 0.3) is 0 Å². The fourth-order valence-electron chi connectivity index (χ4n) is 5.22. The third-order valence-corrected chi connectivity index (χ3v) is 7.38. The van der Waals surface area contributed by atoms with Gasteiger partial charge < -0.3 is 19.3 Å². The van der Waals surface area contributed by atoms with Gasteiger partial charge in [-0.05, 0) is 60.1 Å². The molecule has 1 spiro atoms. The maximum absolute atomic E-state index is 11.8. The molecule has 2 aromatic rings. The van der Waals surface area contributed by atoms with Gasteiger partial charge in [0.15, 0.2) is 0 Å². The monoisotopic (exact) mass is 434 g/mol. The number of nitrogens with zero attached hydrogens (tertiary/aromatic N) is 2. The standard InChI is InChI=1S/C27H34N2O3/c1-26(2,3)20-13-22(24-23(14-20)32-27(10-7-11-27)17-28(24)4)18-8-6-9-21(12-18)29-15-19(16-29)25(30)31-5/h6,8-9,12-14,19H,7,10-11,15-17H2,1-5H3. The summed E-state index contributed by atoms with van der Waals surface area (Å²) in [7, 11) is 3.66. The third-order valence-electron chi connectivity index (χ3n) is 7.38. The number of fused-ring (bicyclic) bond motifs is 1. The van der Waals surface area contributed by atoms with Crippen LogP contribution in [-0.2, 0) is 14.9 Å². The van der Waals surface area contributed by atoms with E-state index in [1.807, 2.05) is 0 Å². The van der Waals surface area contributed by atoms with Crippen LogP contribution < -0.4 is 14.5 Å². The van der Waals surface area contributed by atoms with Crippen molar-refractivity contribution in [3.05, 3.63) is 42.0 Å².